The maximum Gasteiger partial charge on any atom is 0.410 e. The number of rotatable bonds is 3. The van der Waals surface area contributed by atoms with Gasteiger partial charge in [0.25, 0.3) is 5.91 Å². The number of carbonyl (C=O) groups is 2. The van der Waals surface area contributed by atoms with E-state index in [9.17, 15) is 18.0 Å². The van der Waals surface area contributed by atoms with Crippen LogP contribution in [0.1, 0.15) is 41.1 Å². The van der Waals surface area contributed by atoms with E-state index in [-0.39, 0.29) is 43.1 Å². The van der Waals surface area contributed by atoms with Crippen LogP contribution in [-0.2, 0) is 27.7 Å². The molecule has 0 spiro atoms. The van der Waals surface area contributed by atoms with E-state index in [0.29, 0.717) is 29.5 Å². The summed E-state index contributed by atoms with van der Waals surface area (Å²) in [6.45, 7) is 7.27. The highest BCUT2D eigenvalue weighted by Gasteiger charge is 2.33. The molecule has 0 saturated carbocycles. The van der Waals surface area contributed by atoms with Crippen molar-refractivity contribution in [3.05, 3.63) is 57.0 Å². The molecule has 3 heterocycles. The third-order valence-electron chi connectivity index (χ3n) is 6.50. The summed E-state index contributed by atoms with van der Waals surface area (Å²) in [5.41, 5.74) is 0.252. The largest absolute Gasteiger partial charge is 0.444 e. The number of piperazine rings is 1. The lowest BCUT2D eigenvalue weighted by molar-refractivity contribution is 0.0225. The minimum Gasteiger partial charge on any atom is -0.444 e. The Morgan fingerprint density at radius 2 is 1.66 bits per heavy atom. The van der Waals surface area contributed by atoms with Crippen LogP contribution >= 0.6 is 22.9 Å². The molecule has 38 heavy (non-hydrogen) atoms. The molecule has 2 amide bonds. The number of fused-ring (bicyclic) bond motifs is 2. The van der Waals surface area contributed by atoms with Crippen LogP contribution in [0.25, 0.3) is 10.8 Å². The number of amides is 2. The van der Waals surface area contributed by atoms with Crippen molar-refractivity contribution in [3.8, 4) is 0 Å². The molecule has 0 N–H and O–H groups in total. The van der Waals surface area contributed by atoms with E-state index in [1.165, 1.54) is 15.6 Å². The Labute approximate surface area is 231 Å². The molecule has 5 rings (SSSR count). The molecule has 1 fully saturated rings. The zero-order valence-electron chi connectivity index (χ0n) is 21.4. The van der Waals surface area contributed by atoms with Gasteiger partial charge in [-0.2, -0.15) is 4.31 Å². The number of sulfonamides is 1. The summed E-state index contributed by atoms with van der Waals surface area (Å²) in [7, 11) is -3.71. The molecule has 1 saturated heterocycles. The van der Waals surface area contributed by atoms with Crippen LogP contribution in [0.4, 0.5) is 4.79 Å². The summed E-state index contributed by atoms with van der Waals surface area (Å²) in [4.78, 5) is 34.6. The van der Waals surface area contributed by atoms with Gasteiger partial charge in [0.05, 0.1) is 17.1 Å². The second-order valence-electron chi connectivity index (χ2n) is 10.4. The Morgan fingerprint density at radius 3 is 2.37 bits per heavy atom. The molecular weight excluding hydrogens is 548 g/mol. The highest BCUT2D eigenvalue weighted by Crippen LogP contribution is 2.29. The molecule has 0 bridgehead atoms. The summed E-state index contributed by atoms with van der Waals surface area (Å²) in [5, 5.41) is 2.62. The topological polar surface area (TPSA) is 100 Å². The van der Waals surface area contributed by atoms with Crippen LogP contribution < -0.4 is 0 Å². The summed E-state index contributed by atoms with van der Waals surface area (Å²) in [6.07, 6.45) is 0.180. The summed E-state index contributed by atoms with van der Waals surface area (Å²) in [5.74, 6) is -0.215. The molecule has 2 aliphatic heterocycles. The third kappa shape index (κ3) is 5.51. The molecule has 3 aromatic rings. The molecule has 0 aliphatic carbocycles. The van der Waals surface area contributed by atoms with Gasteiger partial charge in [-0.15, -0.1) is 11.3 Å². The SMILES string of the molecule is CC(C)(C)OC(=O)N1CCc2nc(C(=O)N3CCN(S(=O)(=O)c4ccc5cc(Cl)ccc5c4)CC3)sc2C1. The van der Waals surface area contributed by atoms with Crippen LogP contribution in [0.3, 0.4) is 0 Å². The molecule has 9 nitrogen and oxygen atoms in total. The van der Waals surface area contributed by atoms with Gasteiger partial charge in [-0.05, 0) is 55.8 Å². The van der Waals surface area contributed by atoms with E-state index >= 15 is 0 Å². The molecule has 12 heteroatoms. The molecular formula is C26H29ClN4O5S2. The van der Waals surface area contributed by atoms with Gasteiger partial charge < -0.3 is 14.5 Å². The van der Waals surface area contributed by atoms with Gasteiger partial charge >= 0.3 is 6.09 Å². The molecule has 0 unspecified atom stereocenters. The van der Waals surface area contributed by atoms with E-state index < -0.39 is 15.6 Å². The van der Waals surface area contributed by atoms with Gasteiger partial charge in [0.2, 0.25) is 10.0 Å². The second kappa shape index (κ2) is 10.1. The van der Waals surface area contributed by atoms with Gasteiger partial charge in [0.1, 0.15) is 5.60 Å². The zero-order chi connectivity index (χ0) is 27.2. The fraction of sp³-hybridized carbons (Fsp3) is 0.423. The average molecular weight is 577 g/mol. The fourth-order valence-corrected chi connectivity index (χ4v) is 7.27. The van der Waals surface area contributed by atoms with Crippen molar-refractivity contribution in [1.29, 1.82) is 0 Å². The summed E-state index contributed by atoms with van der Waals surface area (Å²) in [6, 6.07) is 10.3. The van der Waals surface area contributed by atoms with Crippen molar-refractivity contribution in [2.45, 2.75) is 44.2 Å². The number of hydrogen-bond acceptors (Lipinski definition) is 7. The predicted octanol–water partition coefficient (Wildman–Crippen LogP) is 4.39. The average Bonchev–Trinajstić information content (AvgIpc) is 3.30. The van der Waals surface area contributed by atoms with Gasteiger partial charge in [0.15, 0.2) is 5.01 Å². The van der Waals surface area contributed by atoms with Gasteiger partial charge in [-0.25, -0.2) is 18.2 Å². The summed E-state index contributed by atoms with van der Waals surface area (Å²) >= 11 is 7.33. The molecule has 2 aliphatic rings. The van der Waals surface area contributed by atoms with Crippen molar-refractivity contribution in [1.82, 2.24) is 19.1 Å². The number of aromatic nitrogens is 1. The molecule has 2 aromatic carbocycles. The fourth-order valence-electron chi connectivity index (χ4n) is 4.54. The van der Waals surface area contributed by atoms with E-state index in [0.717, 1.165) is 21.3 Å². The first kappa shape index (κ1) is 26.9. The third-order valence-corrected chi connectivity index (χ3v) is 9.70. The number of nitrogens with zero attached hydrogens (tertiary/aromatic N) is 4. The van der Waals surface area contributed by atoms with Crippen LogP contribution in [0, 0.1) is 0 Å². The zero-order valence-corrected chi connectivity index (χ0v) is 23.8. The predicted molar refractivity (Wildman–Crippen MR) is 146 cm³/mol. The number of ether oxygens (including phenoxy) is 1. The maximum atomic E-state index is 13.3. The molecule has 202 valence electrons. The number of halogens is 1. The highest BCUT2D eigenvalue weighted by molar-refractivity contribution is 7.89. The Morgan fingerprint density at radius 1 is 0.974 bits per heavy atom. The van der Waals surface area contributed by atoms with E-state index in [1.807, 2.05) is 20.8 Å². The van der Waals surface area contributed by atoms with Crippen molar-refractivity contribution in [2.75, 3.05) is 32.7 Å². The lowest BCUT2D eigenvalue weighted by atomic mass is 10.1. The van der Waals surface area contributed by atoms with E-state index in [2.05, 4.69) is 4.98 Å². The lowest BCUT2D eigenvalue weighted by Crippen LogP contribution is -2.50. The quantitative estimate of drug-likeness (QED) is 0.458. The van der Waals surface area contributed by atoms with Crippen LogP contribution in [-0.4, -0.2) is 77.8 Å². The second-order valence-corrected chi connectivity index (χ2v) is 13.8. The number of thiazole rings is 1. The number of carbonyl (C=O) groups excluding carboxylic acids is 2. The van der Waals surface area contributed by atoms with Crippen molar-refractivity contribution in [2.24, 2.45) is 0 Å². The number of hydrogen-bond donors (Lipinski definition) is 0. The lowest BCUT2D eigenvalue weighted by Gasteiger charge is -2.33. The van der Waals surface area contributed by atoms with Gasteiger partial charge in [-0.3, -0.25) is 4.79 Å². The van der Waals surface area contributed by atoms with E-state index in [1.54, 1.807) is 46.2 Å². The molecule has 0 atom stereocenters. The van der Waals surface area contributed by atoms with Crippen molar-refractivity contribution in [3.63, 3.8) is 0 Å². The Kier molecular flexibility index (Phi) is 7.14. The van der Waals surface area contributed by atoms with Crippen molar-refractivity contribution >= 4 is 55.7 Å². The first-order valence-electron chi connectivity index (χ1n) is 12.4. The molecule has 1 aromatic heterocycles. The molecule has 0 radical (unpaired) electrons. The minimum absolute atomic E-state index is 0.199. The monoisotopic (exact) mass is 576 g/mol. The normalized spacial score (nSPS) is 16.9. The Balaban J connectivity index is 1.23. The first-order valence-corrected chi connectivity index (χ1v) is 15.0. The first-order chi connectivity index (χ1) is 17.9. The van der Waals surface area contributed by atoms with Crippen LogP contribution in [0.2, 0.25) is 5.02 Å². The number of benzene rings is 2. The highest BCUT2D eigenvalue weighted by atomic mass is 35.5. The Bertz CT molecular complexity index is 1510. The van der Waals surface area contributed by atoms with Crippen LogP contribution in [0.5, 0.6) is 0 Å². The van der Waals surface area contributed by atoms with Crippen molar-refractivity contribution < 1.29 is 22.7 Å². The maximum absolute atomic E-state index is 13.3. The minimum atomic E-state index is -3.71. The van der Waals surface area contributed by atoms with Gasteiger partial charge in [0, 0.05) is 49.0 Å². The standard InChI is InChI=1S/C26H29ClN4O5S2/c1-26(2,3)36-25(33)30-9-8-21-22(16-30)37-23(28-21)24(32)29-10-12-31(13-11-29)38(34,35)20-7-5-17-14-19(27)6-4-18(17)15-20/h4-7,14-15H,8-13,16H2,1-3H3. The smallest absolute Gasteiger partial charge is 0.410 e. The van der Waals surface area contributed by atoms with Crippen LogP contribution in [0.15, 0.2) is 41.3 Å². The van der Waals surface area contributed by atoms with E-state index in [4.69, 9.17) is 16.3 Å². The summed E-state index contributed by atoms with van der Waals surface area (Å²) < 4.78 is 33.5. The Hall–Kier alpha value is -2.73. The van der Waals surface area contributed by atoms with Gasteiger partial charge in [-0.1, -0.05) is 23.7 Å².